The molecule has 96 valence electrons. The zero-order valence-corrected chi connectivity index (χ0v) is 11.4. The molecule has 0 fully saturated rings. The van der Waals surface area contributed by atoms with Gasteiger partial charge in [-0.3, -0.25) is 10.1 Å². The van der Waals surface area contributed by atoms with Gasteiger partial charge in [-0.25, -0.2) is 0 Å². The Bertz CT molecular complexity index is 862. The lowest BCUT2D eigenvalue weighted by Gasteiger charge is -2.05. The summed E-state index contributed by atoms with van der Waals surface area (Å²) in [6.45, 7) is 0. The van der Waals surface area contributed by atoms with Crippen LogP contribution in [0.2, 0.25) is 0 Å². The molecule has 20 heavy (non-hydrogen) atoms. The van der Waals surface area contributed by atoms with Gasteiger partial charge in [0.1, 0.15) is 0 Å². The third-order valence-corrected chi connectivity index (χ3v) is 4.27. The lowest BCUT2D eigenvalue weighted by Crippen LogP contribution is -1.83. The number of benzene rings is 1. The largest absolute Gasteiger partial charge is 0.278 e. The van der Waals surface area contributed by atoms with Crippen molar-refractivity contribution in [1.29, 1.82) is 0 Å². The summed E-state index contributed by atoms with van der Waals surface area (Å²) in [5.41, 5.74) is 5.66. The zero-order chi connectivity index (χ0) is 13.4. The fourth-order valence-electron chi connectivity index (χ4n) is 2.37. The third kappa shape index (κ3) is 1.82. The smallest absolute Gasteiger partial charge is 0.0815 e. The Morgan fingerprint density at radius 3 is 2.80 bits per heavy atom. The van der Waals surface area contributed by atoms with Gasteiger partial charge in [0.25, 0.3) is 0 Å². The molecule has 0 atom stereocenters. The van der Waals surface area contributed by atoms with Crippen LogP contribution >= 0.6 is 11.3 Å². The molecule has 4 aromatic rings. The fraction of sp³-hybridized carbons (Fsp3) is 0. The van der Waals surface area contributed by atoms with E-state index in [1.807, 2.05) is 12.3 Å². The summed E-state index contributed by atoms with van der Waals surface area (Å²) in [5.74, 6) is 0. The van der Waals surface area contributed by atoms with Crippen molar-refractivity contribution in [2.75, 3.05) is 0 Å². The second-order valence-corrected chi connectivity index (χ2v) is 5.46. The van der Waals surface area contributed by atoms with Crippen LogP contribution in [-0.2, 0) is 0 Å². The first kappa shape index (κ1) is 11.4. The molecule has 0 amide bonds. The first-order chi connectivity index (χ1) is 9.92. The van der Waals surface area contributed by atoms with E-state index in [1.165, 1.54) is 15.8 Å². The third-order valence-electron chi connectivity index (χ3n) is 3.33. The van der Waals surface area contributed by atoms with Crippen LogP contribution < -0.4 is 0 Å². The van der Waals surface area contributed by atoms with E-state index in [0.717, 1.165) is 16.8 Å². The van der Waals surface area contributed by atoms with E-state index in [-0.39, 0.29) is 0 Å². The van der Waals surface area contributed by atoms with Crippen LogP contribution in [0.5, 0.6) is 0 Å². The molecule has 4 rings (SSSR count). The number of aromatic amines is 1. The lowest BCUT2D eigenvalue weighted by atomic mass is 10.0. The molecular formula is C16H11N3S. The van der Waals surface area contributed by atoms with Gasteiger partial charge in [-0.15, -0.1) is 11.3 Å². The molecule has 0 saturated carbocycles. The van der Waals surface area contributed by atoms with Gasteiger partial charge in [-0.1, -0.05) is 18.2 Å². The number of H-pyrrole nitrogens is 1. The molecule has 0 bridgehead atoms. The van der Waals surface area contributed by atoms with Crippen molar-refractivity contribution in [2.24, 2.45) is 0 Å². The highest BCUT2D eigenvalue weighted by Gasteiger charge is 2.07. The van der Waals surface area contributed by atoms with Crippen molar-refractivity contribution in [1.82, 2.24) is 15.2 Å². The minimum absolute atomic E-state index is 1.03. The summed E-state index contributed by atoms with van der Waals surface area (Å²) in [4.78, 5) is 4.39. The SMILES string of the molecule is c1cc(-c2ccn[nH]2)cc(-c2ccnc3ccsc23)c1. The maximum atomic E-state index is 4.39. The van der Waals surface area contributed by atoms with Gasteiger partial charge < -0.3 is 0 Å². The predicted octanol–water partition coefficient (Wildman–Crippen LogP) is 4.35. The summed E-state index contributed by atoms with van der Waals surface area (Å²) in [5, 5.41) is 9.10. The first-order valence-electron chi connectivity index (χ1n) is 6.34. The molecule has 3 aromatic heterocycles. The van der Waals surface area contributed by atoms with Crippen molar-refractivity contribution in [3.05, 3.63) is 60.2 Å². The van der Waals surface area contributed by atoms with Gasteiger partial charge in [-0.05, 0) is 35.2 Å². The Balaban J connectivity index is 1.91. The van der Waals surface area contributed by atoms with E-state index >= 15 is 0 Å². The first-order valence-corrected chi connectivity index (χ1v) is 7.22. The van der Waals surface area contributed by atoms with Crippen LogP contribution in [0.3, 0.4) is 0 Å². The summed E-state index contributed by atoms with van der Waals surface area (Å²) in [7, 11) is 0. The molecule has 0 aliphatic carbocycles. The average molecular weight is 277 g/mol. The van der Waals surface area contributed by atoms with E-state index in [4.69, 9.17) is 0 Å². The molecule has 4 heteroatoms. The minimum atomic E-state index is 1.03. The van der Waals surface area contributed by atoms with Crippen molar-refractivity contribution in [2.45, 2.75) is 0 Å². The van der Waals surface area contributed by atoms with E-state index in [0.29, 0.717) is 0 Å². The Morgan fingerprint density at radius 1 is 0.950 bits per heavy atom. The molecule has 1 aromatic carbocycles. The van der Waals surface area contributed by atoms with E-state index in [2.05, 4.69) is 57.0 Å². The Kier molecular flexibility index (Phi) is 2.60. The number of fused-ring (bicyclic) bond motifs is 1. The highest BCUT2D eigenvalue weighted by atomic mass is 32.1. The number of thiophene rings is 1. The predicted molar refractivity (Wildman–Crippen MR) is 82.6 cm³/mol. The van der Waals surface area contributed by atoms with Crippen LogP contribution in [0.4, 0.5) is 0 Å². The topological polar surface area (TPSA) is 41.6 Å². The van der Waals surface area contributed by atoms with Crippen molar-refractivity contribution in [3.63, 3.8) is 0 Å². The number of rotatable bonds is 2. The van der Waals surface area contributed by atoms with Crippen LogP contribution in [0.25, 0.3) is 32.6 Å². The van der Waals surface area contributed by atoms with Gasteiger partial charge >= 0.3 is 0 Å². The molecule has 1 N–H and O–H groups in total. The number of pyridine rings is 1. The summed E-state index contributed by atoms with van der Waals surface area (Å²) in [6, 6.07) is 14.6. The number of aromatic nitrogens is 3. The molecule has 3 nitrogen and oxygen atoms in total. The van der Waals surface area contributed by atoms with Crippen LogP contribution in [0.1, 0.15) is 0 Å². The Hall–Kier alpha value is -2.46. The highest BCUT2D eigenvalue weighted by molar-refractivity contribution is 7.17. The van der Waals surface area contributed by atoms with Gasteiger partial charge in [0, 0.05) is 23.5 Å². The van der Waals surface area contributed by atoms with Gasteiger partial charge in [0.05, 0.1) is 15.9 Å². The average Bonchev–Trinajstić information content (AvgIpc) is 3.18. The summed E-state index contributed by atoms with van der Waals surface area (Å²) in [6.07, 6.45) is 3.64. The van der Waals surface area contributed by atoms with E-state index < -0.39 is 0 Å². The van der Waals surface area contributed by atoms with Gasteiger partial charge in [0.15, 0.2) is 0 Å². The maximum Gasteiger partial charge on any atom is 0.0815 e. The lowest BCUT2D eigenvalue weighted by molar-refractivity contribution is 1.10. The van der Waals surface area contributed by atoms with Crippen LogP contribution in [0.15, 0.2) is 60.2 Å². The fourth-order valence-corrected chi connectivity index (χ4v) is 3.26. The molecular weight excluding hydrogens is 266 g/mol. The second-order valence-electron chi connectivity index (χ2n) is 4.54. The Labute approximate surface area is 119 Å². The quantitative estimate of drug-likeness (QED) is 0.591. The van der Waals surface area contributed by atoms with Crippen molar-refractivity contribution in [3.8, 4) is 22.4 Å². The van der Waals surface area contributed by atoms with E-state index in [9.17, 15) is 0 Å². The molecule has 0 saturated heterocycles. The summed E-state index contributed by atoms with van der Waals surface area (Å²) >= 11 is 1.73. The molecule has 0 radical (unpaired) electrons. The van der Waals surface area contributed by atoms with Crippen molar-refractivity contribution < 1.29 is 0 Å². The molecule has 3 heterocycles. The maximum absolute atomic E-state index is 4.39. The second kappa shape index (κ2) is 4.58. The molecule has 0 aliphatic rings. The van der Waals surface area contributed by atoms with Crippen molar-refractivity contribution >= 4 is 21.6 Å². The number of nitrogens with zero attached hydrogens (tertiary/aromatic N) is 2. The van der Waals surface area contributed by atoms with Gasteiger partial charge in [-0.2, -0.15) is 5.10 Å². The molecule has 0 spiro atoms. The highest BCUT2D eigenvalue weighted by Crippen LogP contribution is 2.32. The zero-order valence-electron chi connectivity index (χ0n) is 10.6. The minimum Gasteiger partial charge on any atom is -0.278 e. The monoisotopic (exact) mass is 277 g/mol. The number of nitrogens with one attached hydrogen (secondary N) is 1. The Morgan fingerprint density at radius 2 is 1.90 bits per heavy atom. The van der Waals surface area contributed by atoms with Crippen LogP contribution in [0, 0.1) is 0 Å². The number of hydrogen-bond donors (Lipinski definition) is 1. The molecule has 0 unspecified atom stereocenters. The number of hydrogen-bond acceptors (Lipinski definition) is 3. The van der Waals surface area contributed by atoms with Crippen LogP contribution in [-0.4, -0.2) is 15.2 Å². The van der Waals surface area contributed by atoms with Gasteiger partial charge in [0.2, 0.25) is 0 Å². The standard InChI is InChI=1S/C16H11N3S/c1-2-11(10-12(3-1)14-5-8-18-19-14)13-4-7-17-15-6-9-20-16(13)15/h1-10H,(H,18,19). The van der Waals surface area contributed by atoms with E-state index in [1.54, 1.807) is 17.5 Å². The summed E-state index contributed by atoms with van der Waals surface area (Å²) < 4.78 is 1.23. The molecule has 0 aliphatic heterocycles. The normalized spacial score (nSPS) is 11.0.